The number of allylic oxidation sites excluding steroid dienone is 2. The number of hydrogen-bond acceptors (Lipinski definition) is 1. The summed E-state index contributed by atoms with van der Waals surface area (Å²) in [5.74, 6) is 0. The second-order valence-corrected chi connectivity index (χ2v) is 7.17. The molecule has 0 aromatic heterocycles. The summed E-state index contributed by atoms with van der Waals surface area (Å²) in [6.07, 6.45) is 26.6. The third-order valence-corrected chi connectivity index (χ3v) is 4.60. The van der Waals surface area contributed by atoms with Gasteiger partial charge in [0.25, 0.3) is 0 Å². The van der Waals surface area contributed by atoms with Crippen molar-refractivity contribution in [2.75, 3.05) is 0 Å². The Morgan fingerprint density at radius 2 is 1.00 bits per heavy atom. The quantitative estimate of drug-likeness (QED) is 0.140. The molecule has 0 saturated carbocycles. The van der Waals surface area contributed by atoms with Crippen LogP contribution in [0.5, 0.6) is 0 Å². The fourth-order valence-electron chi connectivity index (χ4n) is 2.99. The first-order valence-corrected chi connectivity index (χ1v) is 10.5. The number of carbonyl (C=O) groups is 1. The summed E-state index contributed by atoms with van der Waals surface area (Å²) in [5.41, 5.74) is 0. The van der Waals surface area contributed by atoms with Gasteiger partial charge in [0.05, 0.1) is 0 Å². The van der Waals surface area contributed by atoms with Crippen molar-refractivity contribution in [2.45, 2.75) is 116 Å². The molecule has 1 nitrogen and oxygen atoms in total. The number of rotatable bonds is 18. The van der Waals surface area contributed by atoms with E-state index in [9.17, 15) is 4.79 Å². The molecule has 23 heavy (non-hydrogen) atoms. The minimum Gasteiger partial charge on any atom is -0.276 e. The van der Waals surface area contributed by atoms with Crippen molar-refractivity contribution in [1.82, 2.24) is 0 Å². The standard InChI is InChI=1S/C21H39ClO/c1-2-3-4-5-6-7-8-9-10-11-12-13-14-15-16-17-18-19-20-21(22)23/h19-20H,2-18H2,1H3. The molecule has 0 bridgehead atoms. The van der Waals surface area contributed by atoms with Crippen molar-refractivity contribution >= 4 is 16.8 Å². The first-order chi connectivity index (χ1) is 11.3. The maximum Gasteiger partial charge on any atom is 0.244 e. The third kappa shape index (κ3) is 21.7. The summed E-state index contributed by atoms with van der Waals surface area (Å²) < 4.78 is 0. The van der Waals surface area contributed by atoms with Crippen LogP contribution in [0.3, 0.4) is 0 Å². The van der Waals surface area contributed by atoms with Crippen LogP contribution in [-0.4, -0.2) is 5.24 Å². The summed E-state index contributed by atoms with van der Waals surface area (Å²) in [4.78, 5) is 10.5. The fraction of sp³-hybridized carbons (Fsp3) is 0.857. The van der Waals surface area contributed by atoms with E-state index in [-0.39, 0.29) is 5.24 Å². The van der Waals surface area contributed by atoms with Crippen molar-refractivity contribution in [2.24, 2.45) is 0 Å². The maximum atomic E-state index is 10.5. The highest BCUT2D eigenvalue weighted by molar-refractivity contribution is 6.66. The average molecular weight is 343 g/mol. The smallest absolute Gasteiger partial charge is 0.244 e. The lowest BCUT2D eigenvalue weighted by molar-refractivity contribution is -0.107. The molecule has 2 heteroatoms. The molecule has 0 heterocycles. The maximum absolute atomic E-state index is 10.5. The average Bonchev–Trinajstić information content (AvgIpc) is 2.53. The largest absolute Gasteiger partial charge is 0.276 e. The van der Waals surface area contributed by atoms with Crippen molar-refractivity contribution in [3.8, 4) is 0 Å². The van der Waals surface area contributed by atoms with Gasteiger partial charge < -0.3 is 0 Å². The van der Waals surface area contributed by atoms with Crippen LogP contribution in [0.25, 0.3) is 0 Å². The Morgan fingerprint density at radius 1 is 0.652 bits per heavy atom. The summed E-state index contributed by atoms with van der Waals surface area (Å²) >= 11 is 5.23. The lowest BCUT2D eigenvalue weighted by atomic mass is 10.0. The zero-order valence-corrected chi connectivity index (χ0v) is 16.2. The highest BCUT2D eigenvalue weighted by atomic mass is 35.5. The second-order valence-electron chi connectivity index (χ2n) is 6.80. The minimum atomic E-state index is -0.360. The van der Waals surface area contributed by atoms with Gasteiger partial charge >= 0.3 is 0 Å². The zero-order valence-electron chi connectivity index (χ0n) is 15.5. The first kappa shape index (κ1) is 22.7. The molecule has 0 unspecified atom stereocenters. The third-order valence-electron chi connectivity index (χ3n) is 4.47. The molecular formula is C21H39ClO. The molecule has 0 aromatic carbocycles. The minimum absolute atomic E-state index is 0.360. The van der Waals surface area contributed by atoms with E-state index in [1.54, 1.807) is 0 Å². The van der Waals surface area contributed by atoms with E-state index >= 15 is 0 Å². The molecule has 0 radical (unpaired) electrons. The van der Waals surface area contributed by atoms with Crippen LogP contribution in [0.1, 0.15) is 116 Å². The second kappa shape index (κ2) is 19.7. The monoisotopic (exact) mass is 342 g/mol. The lowest BCUT2D eigenvalue weighted by Crippen LogP contribution is -1.83. The van der Waals surface area contributed by atoms with E-state index in [0.29, 0.717) is 0 Å². The summed E-state index contributed by atoms with van der Waals surface area (Å²) in [5, 5.41) is -0.360. The Bertz CT molecular complexity index is 273. The van der Waals surface area contributed by atoms with Gasteiger partial charge in [0, 0.05) is 0 Å². The summed E-state index contributed by atoms with van der Waals surface area (Å²) in [6.45, 7) is 2.28. The number of halogens is 1. The van der Waals surface area contributed by atoms with Gasteiger partial charge in [-0.25, -0.2) is 0 Å². The number of hydrogen-bond donors (Lipinski definition) is 0. The van der Waals surface area contributed by atoms with Crippen LogP contribution in [0.15, 0.2) is 12.2 Å². The highest BCUT2D eigenvalue weighted by Gasteiger charge is 1.94. The molecule has 136 valence electrons. The Balaban J connectivity index is 3.01. The Hall–Kier alpha value is -0.300. The van der Waals surface area contributed by atoms with Gasteiger partial charge in [-0.3, -0.25) is 4.79 Å². The van der Waals surface area contributed by atoms with Gasteiger partial charge in [-0.05, 0) is 30.5 Å². The van der Waals surface area contributed by atoms with Crippen LogP contribution in [-0.2, 0) is 4.79 Å². The molecule has 0 aliphatic heterocycles. The van der Waals surface area contributed by atoms with Crippen LogP contribution in [0, 0.1) is 0 Å². The van der Waals surface area contributed by atoms with Crippen LogP contribution in [0.2, 0.25) is 0 Å². The van der Waals surface area contributed by atoms with Gasteiger partial charge in [-0.15, -0.1) is 0 Å². The van der Waals surface area contributed by atoms with Gasteiger partial charge in [0.1, 0.15) is 0 Å². The summed E-state index contributed by atoms with van der Waals surface area (Å²) in [7, 11) is 0. The van der Waals surface area contributed by atoms with E-state index < -0.39 is 0 Å². The Labute approximate surface area is 150 Å². The van der Waals surface area contributed by atoms with Crippen molar-refractivity contribution in [3.63, 3.8) is 0 Å². The van der Waals surface area contributed by atoms with Crippen molar-refractivity contribution in [3.05, 3.63) is 12.2 Å². The van der Waals surface area contributed by atoms with Gasteiger partial charge in [0.15, 0.2) is 0 Å². The predicted octanol–water partition coefficient (Wildman–Crippen LogP) is 7.96. The lowest BCUT2D eigenvalue weighted by Gasteiger charge is -2.03. The summed E-state index contributed by atoms with van der Waals surface area (Å²) in [6, 6.07) is 0. The first-order valence-electron chi connectivity index (χ1n) is 10.1. The topological polar surface area (TPSA) is 17.1 Å². The van der Waals surface area contributed by atoms with Crippen LogP contribution >= 0.6 is 11.6 Å². The van der Waals surface area contributed by atoms with E-state index in [0.717, 1.165) is 6.42 Å². The molecule has 0 saturated heterocycles. The molecule has 0 N–H and O–H groups in total. The molecule has 0 aliphatic rings. The van der Waals surface area contributed by atoms with Crippen LogP contribution < -0.4 is 0 Å². The highest BCUT2D eigenvalue weighted by Crippen LogP contribution is 2.14. The molecule has 0 aromatic rings. The van der Waals surface area contributed by atoms with E-state index in [1.807, 2.05) is 6.08 Å². The Morgan fingerprint density at radius 3 is 1.35 bits per heavy atom. The van der Waals surface area contributed by atoms with Crippen molar-refractivity contribution in [1.29, 1.82) is 0 Å². The van der Waals surface area contributed by atoms with E-state index in [4.69, 9.17) is 11.6 Å². The zero-order chi connectivity index (χ0) is 17.0. The molecule has 0 atom stereocenters. The predicted molar refractivity (Wildman–Crippen MR) is 104 cm³/mol. The van der Waals surface area contributed by atoms with E-state index in [1.165, 1.54) is 109 Å². The molecular weight excluding hydrogens is 304 g/mol. The molecule has 0 fully saturated rings. The van der Waals surface area contributed by atoms with Gasteiger partial charge in [-0.2, -0.15) is 0 Å². The molecule has 0 rings (SSSR count). The van der Waals surface area contributed by atoms with Crippen LogP contribution in [0.4, 0.5) is 0 Å². The Kier molecular flexibility index (Phi) is 19.5. The fourth-order valence-corrected chi connectivity index (χ4v) is 3.08. The van der Waals surface area contributed by atoms with E-state index in [2.05, 4.69) is 6.92 Å². The van der Waals surface area contributed by atoms with Gasteiger partial charge in [0.2, 0.25) is 5.24 Å². The SMILES string of the molecule is CCCCCCCCCCCCCCCCCCC=CC(=O)Cl. The molecule has 0 spiro atoms. The van der Waals surface area contributed by atoms with Crippen molar-refractivity contribution < 1.29 is 4.79 Å². The van der Waals surface area contributed by atoms with Gasteiger partial charge in [-0.1, -0.05) is 109 Å². The molecule has 0 amide bonds. The normalized spacial score (nSPS) is 11.4. The number of unbranched alkanes of at least 4 members (excludes halogenated alkanes) is 16. The molecule has 0 aliphatic carbocycles. The number of carbonyl (C=O) groups excluding carboxylic acids is 1.